The molecule has 1 aromatic rings. The molecule has 2 heterocycles. The van der Waals surface area contributed by atoms with Gasteiger partial charge in [-0.1, -0.05) is 0 Å². The molecule has 2 rings (SSSR count). The van der Waals surface area contributed by atoms with Gasteiger partial charge in [-0.05, 0) is 32.5 Å². The molecule has 1 aromatic heterocycles. The van der Waals surface area contributed by atoms with Crippen LogP contribution in [0.4, 0.5) is 5.82 Å². The third-order valence-corrected chi connectivity index (χ3v) is 3.17. The molecular weight excluding hydrogens is 218 g/mol. The average molecular weight is 237 g/mol. The van der Waals surface area contributed by atoms with Gasteiger partial charge < -0.3 is 16.0 Å². The maximum absolute atomic E-state index is 11.7. The van der Waals surface area contributed by atoms with Crippen molar-refractivity contribution in [3.05, 3.63) is 12.3 Å². The average Bonchev–Trinajstić information content (AvgIpc) is 2.85. The predicted molar refractivity (Wildman–Crippen MR) is 65.3 cm³/mol. The Morgan fingerprint density at radius 1 is 1.71 bits per heavy atom. The lowest BCUT2D eigenvalue weighted by Gasteiger charge is -2.19. The van der Waals surface area contributed by atoms with E-state index < -0.39 is 0 Å². The second-order valence-corrected chi connectivity index (χ2v) is 4.52. The largest absolute Gasteiger partial charge is 0.382 e. The molecule has 17 heavy (non-hydrogen) atoms. The van der Waals surface area contributed by atoms with Crippen LogP contribution >= 0.6 is 0 Å². The monoisotopic (exact) mass is 237 g/mol. The summed E-state index contributed by atoms with van der Waals surface area (Å²) in [5, 5.41) is 6.90. The first-order chi connectivity index (χ1) is 8.15. The van der Waals surface area contributed by atoms with Crippen molar-refractivity contribution in [2.75, 3.05) is 25.9 Å². The molecule has 0 saturated carbocycles. The van der Waals surface area contributed by atoms with E-state index in [0.29, 0.717) is 18.4 Å². The fraction of sp³-hybridized carbons (Fsp3) is 0.636. The molecule has 1 unspecified atom stereocenters. The van der Waals surface area contributed by atoms with Crippen molar-refractivity contribution in [1.82, 2.24) is 20.0 Å². The number of nitrogens with one attached hydrogen (secondary N) is 1. The van der Waals surface area contributed by atoms with Crippen LogP contribution in [0.3, 0.4) is 0 Å². The molecule has 1 fully saturated rings. The van der Waals surface area contributed by atoms with Crippen LogP contribution in [-0.4, -0.2) is 46.8 Å². The summed E-state index contributed by atoms with van der Waals surface area (Å²) < 4.78 is 1.54. The number of aromatic nitrogens is 2. The Bertz CT molecular complexity index is 389. The van der Waals surface area contributed by atoms with Gasteiger partial charge in [0.15, 0.2) is 0 Å². The van der Waals surface area contributed by atoms with Crippen LogP contribution < -0.4 is 11.1 Å². The second-order valence-electron chi connectivity index (χ2n) is 4.52. The van der Waals surface area contributed by atoms with Crippen LogP contribution in [0.5, 0.6) is 0 Å². The lowest BCUT2D eigenvalue weighted by Crippen LogP contribution is -2.39. The molecule has 1 saturated heterocycles. The summed E-state index contributed by atoms with van der Waals surface area (Å²) in [5.74, 6) is 0.418. The quantitative estimate of drug-likeness (QED) is 0.752. The van der Waals surface area contributed by atoms with E-state index in [4.69, 9.17) is 5.73 Å². The highest BCUT2D eigenvalue weighted by atomic mass is 16.2. The summed E-state index contributed by atoms with van der Waals surface area (Å²) in [6.45, 7) is 2.07. The molecule has 6 heteroatoms. The Balaban J connectivity index is 1.74. The number of nitrogen functional groups attached to an aromatic ring is 1. The summed E-state index contributed by atoms with van der Waals surface area (Å²) >= 11 is 0. The number of nitrogens with zero attached hydrogens (tertiary/aromatic N) is 3. The number of carbonyl (C=O) groups is 1. The van der Waals surface area contributed by atoms with E-state index in [-0.39, 0.29) is 12.5 Å². The van der Waals surface area contributed by atoms with Crippen molar-refractivity contribution >= 4 is 11.7 Å². The van der Waals surface area contributed by atoms with Gasteiger partial charge in [-0.2, -0.15) is 5.10 Å². The number of anilines is 1. The van der Waals surface area contributed by atoms with Crippen LogP contribution in [0.25, 0.3) is 0 Å². The number of likely N-dealkylation sites (tertiary alicyclic amines) is 1. The zero-order valence-electron chi connectivity index (χ0n) is 10.1. The van der Waals surface area contributed by atoms with Crippen LogP contribution in [0.15, 0.2) is 12.3 Å². The van der Waals surface area contributed by atoms with Gasteiger partial charge in [-0.15, -0.1) is 0 Å². The molecule has 6 nitrogen and oxygen atoms in total. The van der Waals surface area contributed by atoms with Crippen molar-refractivity contribution in [2.24, 2.45) is 0 Å². The van der Waals surface area contributed by atoms with Crippen molar-refractivity contribution in [3.63, 3.8) is 0 Å². The first kappa shape index (κ1) is 11.9. The van der Waals surface area contributed by atoms with Crippen molar-refractivity contribution < 1.29 is 4.79 Å². The van der Waals surface area contributed by atoms with Gasteiger partial charge in [0.05, 0.1) is 0 Å². The highest BCUT2D eigenvalue weighted by Gasteiger charge is 2.20. The molecule has 0 aromatic carbocycles. The van der Waals surface area contributed by atoms with Gasteiger partial charge in [0, 0.05) is 18.8 Å². The Labute approximate surface area is 101 Å². The highest BCUT2D eigenvalue weighted by Crippen LogP contribution is 2.13. The van der Waals surface area contributed by atoms with Gasteiger partial charge in [0.2, 0.25) is 5.91 Å². The first-order valence-electron chi connectivity index (χ1n) is 5.91. The van der Waals surface area contributed by atoms with E-state index in [2.05, 4.69) is 22.4 Å². The van der Waals surface area contributed by atoms with E-state index in [1.807, 2.05) is 0 Å². The van der Waals surface area contributed by atoms with E-state index in [1.54, 1.807) is 16.9 Å². The number of rotatable bonds is 4. The lowest BCUT2D eigenvalue weighted by molar-refractivity contribution is -0.122. The molecule has 0 bridgehead atoms. The molecule has 1 aliphatic heterocycles. The zero-order valence-corrected chi connectivity index (χ0v) is 10.1. The van der Waals surface area contributed by atoms with Gasteiger partial charge in [0.25, 0.3) is 0 Å². The highest BCUT2D eigenvalue weighted by molar-refractivity contribution is 5.75. The lowest BCUT2D eigenvalue weighted by atomic mass is 10.2. The summed E-state index contributed by atoms with van der Waals surface area (Å²) in [6.07, 6.45) is 4.08. The van der Waals surface area contributed by atoms with Gasteiger partial charge in [-0.25, -0.2) is 0 Å². The predicted octanol–water partition coefficient (Wildman–Crippen LogP) is -0.324. The molecule has 0 spiro atoms. The normalized spacial score (nSPS) is 20.6. The fourth-order valence-corrected chi connectivity index (χ4v) is 2.14. The third kappa shape index (κ3) is 3.20. The molecule has 1 aliphatic rings. The van der Waals surface area contributed by atoms with Crippen LogP contribution in [0.1, 0.15) is 12.8 Å². The molecular formula is C11H19N5O. The number of hydrogen-bond donors (Lipinski definition) is 2. The SMILES string of the molecule is CN1CCCC1CNC(=O)Cn1ccc(N)n1. The van der Waals surface area contributed by atoms with E-state index in [9.17, 15) is 4.79 Å². The van der Waals surface area contributed by atoms with Crippen molar-refractivity contribution in [2.45, 2.75) is 25.4 Å². The Kier molecular flexibility index (Phi) is 3.63. The summed E-state index contributed by atoms with van der Waals surface area (Å²) in [7, 11) is 2.10. The molecule has 0 aliphatic carbocycles. The van der Waals surface area contributed by atoms with Crippen LogP contribution in [-0.2, 0) is 11.3 Å². The van der Waals surface area contributed by atoms with Crippen LogP contribution in [0.2, 0.25) is 0 Å². The minimum atomic E-state index is -0.0200. The first-order valence-corrected chi connectivity index (χ1v) is 5.91. The maximum Gasteiger partial charge on any atom is 0.241 e. The topological polar surface area (TPSA) is 76.2 Å². The van der Waals surface area contributed by atoms with Gasteiger partial charge in [-0.3, -0.25) is 9.48 Å². The van der Waals surface area contributed by atoms with Crippen molar-refractivity contribution in [1.29, 1.82) is 0 Å². The van der Waals surface area contributed by atoms with E-state index in [1.165, 1.54) is 6.42 Å². The van der Waals surface area contributed by atoms with Gasteiger partial charge in [0.1, 0.15) is 12.4 Å². The standard InChI is InChI=1S/C11H19N5O/c1-15-5-2-3-9(15)7-13-11(17)8-16-6-4-10(12)14-16/h4,6,9H,2-3,5,7-8H2,1H3,(H2,12,14)(H,13,17). The number of amides is 1. The Hall–Kier alpha value is -1.56. The fourth-order valence-electron chi connectivity index (χ4n) is 2.14. The van der Waals surface area contributed by atoms with E-state index in [0.717, 1.165) is 13.0 Å². The smallest absolute Gasteiger partial charge is 0.241 e. The number of hydrogen-bond acceptors (Lipinski definition) is 4. The van der Waals surface area contributed by atoms with E-state index >= 15 is 0 Å². The molecule has 3 N–H and O–H groups in total. The third-order valence-electron chi connectivity index (χ3n) is 3.17. The molecule has 0 radical (unpaired) electrons. The minimum Gasteiger partial charge on any atom is -0.382 e. The Morgan fingerprint density at radius 2 is 2.53 bits per heavy atom. The molecule has 1 amide bonds. The number of likely N-dealkylation sites (N-methyl/N-ethyl adjacent to an activating group) is 1. The summed E-state index contributed by atoms with van der Waals surface area (Å²) in [6, 6.07) is 2.15. The number of nitrogens with two attached hydrogens (primary N) is 1. The summed E-state index contributed by atoms with van der Waals surface area (Å²) in [4.78, 5) is 13.9. The number of carbonyl (C=O) groups excluding carboxylic acids is 1. The van der Waals surface area contributed by atoms with Crippen LogP contribution in [0, 0.1) is 0 Å². The molecule has 1 atom stereocenters. The maximum atomic E-state index is 11.7. The molecule has 94 valence electrons. The second kappa shape index (κ2) is 5.18. The Morgan fingerprint density at radius 3 is 3.12 bits per heavy atom. The minimum absolute atomic E-state index is 0.0200. The van der Waals surface area contributed by atoms with Gasteiger partial charge >= 0.3 is 0 Å². The summed E-state index contributed by atoms with van der Waals surface area (Å²) in [5.41, 5.74) is 5.48. The zero-order chi connectivity index (χ0) is 12.3. The van der Waals surface area contributed by atoms with Crippen molar-refractivity contribution in [3.8, 4) is 0 Å².